The molecule has 0 amide bonds. The van der Waals surface area contributed by atoms with Gasteiger partial charge >= 0.3 is 0 Å². The topological polar surface area (TPSA) is 59.9 Å². The van der Waals surface area contributed by atoms with E-state index < -0.39 is 0 Å². The van der Waals surface area contributed by atoms with Gasteiger partial charge in [-0.2, -0.15) is 0 Å². The summed E-state index contributed by atoms with van der Waals surface area (Å²) in [7, 11) is 0. The Morgan fingerprint density at radius 1 is 1.24 bits per heavy atom. The lowest BCUT2D eigenvalue weighted by atomic mass is 10.1. The van der Waals surface area contributed by atoms with Gasteiger partial charge in [-0.3, -0.25) is 0 Å². The molecule has 0 bridgehead atoms. The van der Waals surface area contributed by atoms with E-state index in [2.05, 4.69) is 22.2 Å². The summed E-state index contributed by atoms with van der Waals surface area (Å²) in [4.78, 5) is 13.9. The van der Waals surface area contributed by atoms with Crippen molar-refractivity contribution < 1.29 is 4.74 Å². The molecular weight excluding hydrogens is 264 g/mol. The molecule has 0 atom stereocenters. The highest BCUT2D eigenvalue weighted by Crippen LogP contribution is 2.25. The molecule has 21 heavy (non-hydrogen) atoms. The van der Waals surface area contributed by atoms with Crippen LogP contribution in [0.15, 0.2) is 18.2 Å². The number of ether oxygens (including phenoxy) is 1. The molecule has 5 nitrogen and oxygen atoms in total. The lowest BCUT2D eigenvalue weighted by molar-refractivity contribution is 0.109. The van der Waals surface area contributed by atoms with Gasteiger partial charge in [0, 0.05) is 24.2 Å². The zero-order valence-electron chi connectivity index (χ0n) is 12.5. The van der Waals surface area contributed by atoms with Gasteiger partial charge in [0.25, 0.3) is 0 Å². The van der Waals surface area contributed by atoms with E-state index in [0.29, 0.717) is 12.4 Å². The van der Waals surface area contributed by atoms with Crippen LogP contribution in [0.4, 0.5) is 5.82 Å². The Morgan fingerprint density at radius 2 is 2.14 bits per heavy atom. The second kappa shape index (κ2) is 6.18. The zero-order valence-corrected chi connectivity index (χ0v) is 12.5. The minimum absolute atomic E-state index is 0.586. The Kier molecular flexibility index (Phi) is 4.10. The second-order valence-electron chi connectivity index (χ2n) is 5.21. The molecule has 1 N–H and O–H groups in total. The fourth-order valence-corrected chi connectivity index (χ4v) is 2.40. The molecule has 2 aromatic heterocycles. The van der Waals surface area contributed by atoms with Crippen molar-refractivity contribution in [1.82, 2.24) is 15.0 Å². The number of nitrogens with one attached hydrogen (secondary N) is 1. The first kappa shape index (κ1) is 13.9. The van der Waals surface area contributed by atoms with Crippen LogP contribution in [0.1, 0.15) is 30.3 Å². The Labute approximate surface area is 124 Å². The fraction of sp³-hybridized carbons (Fsp3) is 0.438. The molecule has 0 saturated carbocycles. The fourth-order valence-electron chi connectivity index (χ4n) is 2.40. The van der Waals surface area contributed by atoms with Gasteiger partial charge < -0.3 is 10.1 Å². The van der Waals surface area contributed by atoms with Crippen LogP contribution >= 0.6 is 0 Å². The number of nitrogens with zero attached hydrogens (tertiary/aromatic N) is 3. The van der Waals surface area contributed by atoms with E-state index >= 15 is 0 Å². The highest BCUT2D eigenvalue weighted by Gasteiger charge is 2.19. The van der Waals surface area contributed by atoms with E-state index in [1.807, 2.05) is 25.1 Å². The highest BCUT2D eigenvalue weighted by molar-refractivity contribution is 5.57. The zero-order chi connectivity index (χ0) is 14.7. The van der Waals surface area contributed by atoms with Crippen molar-refractivity contribution in [1.29, 1.82) is 0 Å². The average molecular weight is 284 g/mol. The van der Waals surface area contributed by atoms with Crippen LogP contribution in [-0.2, 0) is 17.8 Å². The summed E-state index contributed by atoms with van der Waals surface area (Å²) in [6, 6.07) is 5.92. The van der Waals surface area contributed by atoms with Crippen LogP contribution < -0.4 is 5.32 Å². The number of fused-ring (bicyclic) bond motifs is 1. The van der Waals surface area contributed by atoms with Crippen molar-refractivity contribution in [2.24, 2.45) is 0 Å². The smallest absolute Gasteiger partial charge is 0.180 e. The summed E-state index contributed by atoms with van der Waals surface area (Å²) in [5.74, 6) is 1.58. The van der Waals surface area contributed by atoms with Crippen LogP contribution in [0.25, 0.3) is 11.5 Å². The first-order valence-corrected chi connectivity index (χ1v) is 7.43. The lowest BCUT2D eigenvalue weighted by Crippen LogP contribution is -2.17. The maximum atomic E-state index is 5.55. The molecule has 0 aliphatic carbocycles. The summed E-state index contributed by atoms with van der Waals surface area (Å²) in [5.41, 5.74) is 3.96. The highest BCUT2D eigenvalue weighted by atomic mass is 16.5. The molecule has 0 saturated heterocycles. The van der Waals surface area contributed by atoms with E-state index in [9.17, 15) is 0 Å². The van der Waals surface area contributed by atoms with Crippen molar-refractivity contribution in [2.45, 2.75) is 33.3 Å². The standard InChI is InChI=1S/C16H20N4O/c1-3-8-17-15-12-10-21-9-7-13(12)19-16(20-15)14-6-4-5-11(2)18-14/h4-6H,3,7-10H2,1-2H3,(H,17,19,20). The van der Waals surface area contributed by atoms with E-state index in [1.54, 1.807) is 0 Å². The van der Waals surface area contributed by atoms with E-state index in [-0.39, 0.29) is 0 Å². The molecule has 0 radical (unpaired) electrons. The van der Waals surface area contributed by atoms with Gasteiger partial charge in [-0.1, -0.05) is 13.0 Å². The number of pyridine rings is 1. The average Bonchev–Trinajstić information content (AvgIpc) is 2.52. The molecule has 1 aliphatic heterocycles. The first-order chi connectivity index (χ1) is 10.3. The third-order valence-electron chi connectivity index (χ3n) is 3.48. The van der Waals surface area contributed by atoms with Crippen molar-refractivity contribution >= 4 is 5.82 Å². The van der Waals surface area contributed by atoms with Gasteiger partial charge in [-0.15, -0.1) is 0 Å². The summed E-state index contributed by atoms with van der Waals surface area (Å²) in [6.45, 7) is 6.32. The molecule has 2 aromatic rings. The van der Waals surface area contributed by atoms with Crippen LogP contribution in [0.2, 0.25) is 0 Å². The van der Waals surface area contributed by atoms with E-state index in [1.165, 1.54) is 0 Å². The summed E-state index contributed by atoms with van der Waals surface area (Å²) >= 11 is 0. The molecule has 110 valence electrons. The van der Waals surface area contributed by atoms with Crippen molar-refractivity contribution in [2.75, 3.05) is 18.5 Å². The molecular formula is C16H20N4O. The number of aryl methyl sites for hydroxylation is 1. The second-order valence-corrected chi connectivity index (χ2v) is 5.21. The maximum Gasteiger partial charge on any atom is 0.180 e. The number of hydrogen-bond donors (Lipinski definition) is 1. The molecule has 3 rings (SSSR count). The normalized spacial score (nSPS) is 13.8. The monoisotopic (exact) mass is 284 g/mol. The predicted molar refractivity (Wildman–Crippen MR) is 82.1 cm³/mol. The third-order valence-corrected chi connectivity index (χ3v) is 3.48. The minimum atomic E-state index is 0.586. The molecule has 0 fully saturated rings. The predicted octanol–water partition coefficient (Wildman–Crippen LogP) is 2.74. The van der Waals surface area contributed by atoms with Crippen LogP contribution in [0.3, 0.4) is 0 Å². The van der Waals surface area contributed by atoms with Gasteiger partial charge in [-0.25, -0.2) is 15.0 Å². The molecule has 3 heterocycles. The quantitative estimate of drug-likeness (QED) is 0.935. The Morgan fingerprint density at radius 3 is 2.95 bits per heavy atom. The van der Waals surface area contributed by atoms with Gasteiger partial charge in [0.1, 0.15) is 11.5 Å². The summed E-state index contributed by atoms with van der Waals surface area (Å²) < 4.78 is 5.55. The van der Waals surface area contributed by atoms with Crippen LogP contribution in [-0.4, -0.2) is 28.1 Å². The van der Waals surface area contributed by atoms with Crippen molar-refractivity contribution in [3.8, 4) is 11.5 Å². The van der Waals surface area contributed by atoms with Gasteiger partial charge in [0.15, 0.2) is 5.82 Å². The van der Waals surface area contributed by atoms with Crippen LogP contribution in [0.5, 0.6) is 0 Å². The summed E-state index contributed by atoms with van der Waals surface area (Å²) in [5, 5.41) is 3.39. The molecule has 5 heteroatoms. The molecule has 0 aromatic carbocycles. The van der Waals surface area contributed by atoms with Crippen LogP contribution in [0, 0.1) is 6.92 Å². The lowest BCUT2D eigenvalue weighted by Gasteiger charge is -2.20. The Bertz CT molecular complexity index is 642. The van der Waals surface area contributed by atoms with Crippen molar-refractivity contribution in [3.05, 3.63) is 35.2 Å². The van der Waals surface area contributed by atoms with Crippen molar-refractivity contribution in [3.63, 3.8) is 0 Å². The van der Waals surface area contributed by atoms with E-state index in [4.69, 9.17) is 9.72 Å². The van der Waals surface area contributed by atoms with Gasteiger partial charge in [0.2, 0.25) is 0 Å². The maximum absolute atomic E-state index is 5.55. The Balaban J connectivity index is 2.05. The minimum Gasteiger partial charge on any atom is -0.376 e. The summed E-state index contributed by atoms with van der Waals surface area (Å²) in [6.07, 6.45) is 1.88. The molecule has 0 unspecified atom stereocenters. The number of anilines is 1. The molecule has 0 spiro atoms. The third kappa shape index (κ3) is 3.03. The number of aromatic nitrogens is 3. The SMILES string of the molecule is CCCNc1nc(-c2cccc(C)n2)nc2c1COCC2. The Hall–Kier alpha value is -2.01. The largest absolute Gasteiger partial charge is 0.376 e. The molecule has 1 aliphatic rings. The number of hydrogen-bond acceptors (Lipinski definition) is 5. The van der Waals surface area contributed by atoms with Gasteiger partial charge in [0.05, 0.1) is 18.9 Å². The van der Waals surface area contributed by atoms with E-state index in [0.717, 1.165) is 54.5 Å². The number of rotatable bonds is 4. The van der Waals surface area contributed by atoms with Gasteiger partial charge in [-0.05, 0) is 25.5 Å². The first-order valence-electron chi connectivity index (χ1n) is 7.43.